The van der Waals surface area contributed by atoms with Crippen LogP contribution in [0.3, 0.4) is 0 Å². The Hall–Kier alpha value is -1.21. The second-order valence-corrected chi connectivity index (χ2v) is 6.75. The lowest BCUT2D eigenvalue weighted by Gasteiger charge is -2.11. The number of carbonyl (C=O) groups is 1. The van der Waals surface area contributed by atoms with E-state index < -0.39 is 11.7 Å². The number of alkyl halides is 3. The normalized spacial score (nSPS) is 15.1. The van der Waals surface area contributed by atoms with Crippen molar-refractivity contribution in [1.29, 1.82) is 0 Å². The molecule has 2 aromatic rings. The molecule has 110 valence electrons. The first-order valence-electron chi connectivity index (χ1n) is 6.26. The fourth-order valence-electron chi connectivity index (χ4n) is 2.32. The second-order valence-electron chi connectivity index (χ2n) is 4.76. The molecule has 2 nitrogen and oxygen atoms in total. The largest absolute Gasteiger partial charge is 0.417 e. The van der Waals surface area contributed by atoms with Gasteiger partial charge in [-0.1, -0.05) is 22.0 Å². The third-order valence-electron chi connectivity index (χ3n) is 3.29. The summed E-state index contributed by atoms with van der Waals surface area (Å²) in [5, 5.41) is 0.259. The summed E-state index contributed by atoms with van der Waals surface area (Å²) in [6.45, 7) is 0. The summed E-state index contributed by atoms with van der Waals surface area (Å²) in [6.07, 6.45) is -2.60. The molecule has 21 heavy (non-hydrogen) atoms. The minimum absolute atomic E-state index is 0.0258. The van der Waals surface area contributed by atoms with Gasteiger partial charge in [-0.05, 0) is 25.0 Å². The van der Waals surface area contributed by atoms with Gasteiger partial charge in [0.25, 0.3) is 0 Å². The van der Waals surface area contributed by atoms with Gasteiger partial charge in [-0.3, -0.25) is 4.79 Å². The summed E-state index contributed by atoms with van der Waals surface area (Å²) in [5.41, 5.74) is -0.370. The Bertz CT molecular complexity index is 723. The Kier molecular flexibility index (Phi) is 3.65. The van der Waals surface area contributed by atoms with Crippen molar-refractivity contribution in [1.82, 2.24) is 4.98 Å². The van der Waals surface area contributed by atoms with Gasteiger partial charge >= 0.3 is 6.18 Å². The molecule has 1 heterocycles. The standard InChI is InChI=1S/C14H9BrF3NOS/c15-7-4-5-8(9(6-7)14(16,17)18)13-19-12-10(20)2-1-3-11(12)21-13/h4-6H,1-3H2. The van der Waals surface area contributed by atoms with E-state index in [1.54, 1.807) is 6.07 Å². The number of halogens is 4. The van der Waals surface area contributed by atoms with Crippen LogP contribution in [0.1, 0.15) is 33.8 Å². The number of fused-ring (bicyclic) bond motifs is 1. The number of aromatic nitrogens is 1. The van der Waals surface area contributed by atoms with Crippen LogP contribution in [0.15, 0.2) is 22.7 Å². The number of benzene rings is 1. The van der Waals surface area contributed by atoms with Gasteiger partial charge in [0.1, 0.15) is 10.7 Å². The van der Waals surface area contributed by atoms with Gasteiger partial charge in [0, 0.05) is 21.3 Å². The number of aryl methyl sites for hydroxylation is 1. The van der Waals surface area contributed by atoms with Crippen LogP contribution in [0.25, 0.3) is 10.6 Å². The fourth-order valence-corrected chi connectivity index (χ4v) is 3.84. The number of ketones is 1. The maximum Gasteiger partial charge on any atom is 0.417 e. The van der Waals surface area contributed by atoms with Crippen molar-refractivity contribution in [3.8, 4) is 10.6 Å². The zero-order valence-corrected chi connectivity index (χ0v) is 13.0. The zero-order chi connectivity index (χ0) is 15.2. The highest BCUT2D eigenvalue weighted by molar-refractivity contribution is 9.10. The molecule has 0 spiro atoms. The van der Waals surface area contributed by atoms with Crippen molar-refractivity contribution in [3.63, 3.8) is 0 Å². The molecule has 1 aliphatic rings. The van der Waals surface area contributed by atoms with Gasteiger partial charge in [0.2, 0.25) is 0 Å². The highest BCUT2D eigenvalue weighted by Gasteiger charge is 2.35. The van der Waals surface area contributed by atoms with Gasteiger partial charge in [0.15, 0.2) is 5.78 Å². The molecule has 0 saturated heterocycles. The molecule has 3 rings (SSSR count). The molecule has 1 aromatic heterocycles. The molecule has 0 saturated carbocycles. The third-order valence-corrected chi connectivity index (χ3v) is 4.93. The Morgan fingerprint density at radius 2 is 2.00 bits per heavy atom. The lowest BCUT2D eigenvalue weighted by Crippen LogP contribution is -2.09. The number of nitrogens with zero attached hydrogens (tertiary/aromatic N) is 1. The van der Waals surface area contributed by atoms with Crippen molar-refractivity contribution in [2.24, 2.45) is 0 Å². The van der Waals surface area contributed by atoms with E-state index in [1.165, 1.54) is 17.4 Å². The number of hydrogen-bond donors (Lipinski definition) is 0. The van der Waals surface area contributed by atoms with E-state index in [1.807, 2.05) is 0 Å². The summed E-state index contributed by atoms with van der Waals surface area (Å²) < 4.78 is 39.8. The van der Waals surface area contributed by atoms with E-state index in [-0.39, 0.29) is 16.4 Å². The fraction of sp³-hybridized carbons (Fsp3) is 0.286. The topological polar surface area (TPSA) is 30.0 Å². The first-order chi connectivity index (χ1) is 9.86. The maximum atomic E-state index is 13.2. The number of thiazole rings is 1. The monoisotopic (exact) mass is 375 g/mol. The first kappa shape index (κ1) is 14.7. The molecule has 0 N–H and O–H groups in total. The van der Waals surface area contributed by atoms with Crippen molar-refractivity contribution < 1.29 is 18.0 Å². The van der Waals surface area contributed by atoms with Crippen LogP contribution in [0, 0.1) is 0 Å². The summed E-state index contributed by atoms with van der Waals surface area (Å²) in [6, 6.07) is 3.98. The maximum absolute atomic E-state index is 13.2. The van der Waals surface area contributed by atoms with Crippen LogP contribution in [0.5, 0.6) is 0 Å². The first-order valence-corrected chi connectivity index (χ1v) is 7.87. The van der Waals surface area contributed by atoms with Gasteiger partial charge in [0.05, 0.1) is 5.56 Å². The van der Waals surface area contributed by atoms with Gasteiger partial charge in [-0.2, -0.15) is 13.2 Å². The number of hydrogen-bond acceptors (Lipinski definition) is 3. The van der Waals surface area contributed by atoms with E-state index in [0.29, 0.717) is 23.0 Å². The van der Waals surface area contributed by atoms with Crippen molar-refractivity contribution in [3.05, 3.63) is 38.8 Å². The van der Waals surface area contributed by atoms with E-state index in [9.17, 15) is 18.0 Å². The third kappa shape index (κ3) is 2.76. The molecule has 1 aliphatic carbocycles. The SMILES string of the molecule is O=C1CCCc2sc(-c3ccc(Br)cc3C(F)(F)F)nc21. The van der Waals surface area contributed by atoms with E-state index in [4.69, 9.17) is 0 Å². The Morgan fingerprint density at radius 1 is 1.24 bits per heavy atom. The average Bonchev–Trinajstić information content (AvgIpc) is 2.83. The second kappa shape index (κ2) is 5.21. The molecule has 0 bridgehead atoms. The highest BCUT2D eigenvalue weighted by atomic mass is 79.9. The number of rotatable bonds is 1. The number of Topliss-reactive ketones (excluding diaryl/α,β-unsaturated/α-hetero) is 1. The quantitative estimate of drug-likeness (QED) is 0.692. The summed E-state index contributed by atoms with van der Waals surface area (Å²) in [4.78, 5) is 16.7. The van der Waals surface area contributed by atoms with Crippen LogP contribution in [-0.4, -0.2) is 10.8 Å². The molecule has 0 atom stereocenters. The molecular formula is C14H9BrF3NOS. The molecule has 7 heteroatoms. The molecule has 1 aromatic carbocycles. The van der Waals surface area contributed by atoms with Crippen LogP contribution in [0.4, 0.5) is 13.2 Å². The summed E-state index contributed by atoms with van der Waals surface area (Å²) >= 11 is 4.24. The lowest BCUT2D eigenvalue weighted by molar-refractivity contribution is -0.137. The molecule has 0 radical (unpaired) electrons. The van der Waals surface area contributed by atoms with Gasteiger partial charge in [-0.25, -0.2) is 4.98 Å². The summed E-state index contributed by atoms with van der Waals surface area (Å²) in [5.74, 6) is -0.0792. The predicted octanol–water partition coefficient (Wildman–Crippen LogP) is 5.11. The zero-order valence-electron chi connectivity index (χ0n) is 10.6. The van der Waals surface area contributed by atoms with E-state index >= 15 is 0 Å². The van der Waals surface area contributed by atoms with Gasteiger partial charge < -0.3 is 0 Å². The van der Waals surface area contributed by atoms with Crippen LogP contribution in [-0.2, 0) is 12.6 Å². The molecule has 0 amide bonds. The highest BCUT2D eigenvalue weighted by Crippen LogP contribution is 2.41. The minimum Gasteiger partial charge on any atom is -0.292 e. The molecule has 0 aliphatic heterocycles. The van der Waals surface area contributed by atoms with Crippen LogP contribution in [0.2, 0.25) is 0 Å². The van der Waals surface area contributed by atoms with Crippen molar-refractivity contribution in [2.45, 2.75) is 25.4 Å². The van der Waals surface area contributed by atoms with Crippen LogP contribution >= 0.6 is 27.3 Å². The van der Waals surface area contributed by atoms with E-state index in [2.05, 4.69) is 20.9 Å². The Balaban J connectivity index is 2.15. The Labute approximate surface area is 131 Å². The average molecular weight is 376 g/mol. The summed E-state index contributed by atoms with van der Waals surface area (Å²) in [7, 11) is 0. The van der Waals surface area contributed by atoms with Crippen molar-refractivity contribution in [2.75, 3.05) is 0 Å². The van der Waals surface area contributed by atoms with E-state index in [0.717, 1.165) is 17.4 Å². The van der Waals surface area contributed by atoms with Crippen LogP contribution < -0.4 is 0 Å². The predicted molar refractivity (Wildman–Crippen MR) is 77.5 cm³/mol. The molecule has 0 unspecified atom stereocenters. The minimum atomic E-state index is -4.46. The molecular weight excluding hydrogens is 367 g/mol. The lowest BCUT2D eigenvalue weighted by atomic mass is 10.0. The van der Waals surface area contributed by atoms with Gasteiger partial charge in [-0.15, -0.1) is 11.3 Å². The smallest absolute Gasteiger partial charge is 0.292 e. The molecule has 0 fully saturated rings. The van der Waals surface area contributed by atoms with Crippen molar-refractivity contribution >= 4 is 33.0 Å². The Morgan fingerprint density at radius 3 is 2.67 bits per heavy atom. The number of carbonyl (C=O) groups excluding carboxylic acids is 1.